The van der Waals surface area contributed by atoms with Crippen LogP contribution in [-0.4, -0.2) is 20.5 Å². The number of rotatable bonds is 3. The van der Waals surface area contributed by atoms with E-state index in [-0.39, 0.29) is 16.5 Å². The van der Waals surface area contributed by atoms with Crippen molar-refractivity contribution >= 4 is 34.7 Å². The maximum absolute atomic E-state index is 12.9. The van der Waals surface area contributed by atoms with Gasteiger partial charge in [-0.25, -0.2) is 9.67 Å². The van der Waals surface area contributed by atoms with Crippen LogP contribution in [-0.2, 0) is 0 Å². The Kier molecular flexibility index (Phi) is 5.30. The van der Waals surface area contributed by atoms with E-state index in [4.69, 9.17) is 23.2 Å². The molecule has 25 heavy (non-hydrogen) atoms. The first-order chi connectivity index (χ1) is 12.1. The third-order valence-corrected chi connectivity index (χ3v) is 3.82. The zero-order valence-electron chi connectivity index (χ0n) is 12.9. The Morgan fingerprint density at radius 2 is 1.92 bits per heavy atom. The average molecular weight is 368 g/mol. The topological polar surface area (TPSA) is 47.8 Å². The lowest BCUT2D eigenvalue weighted by Gasteiger charge is -2.07. The van der Waals surface area contributed by atoms with Crippen molar-refractivity contribution in [3.05, 3.63) is 88.4 Å². The minimum Gasteiger partial charge on any atom is -0.287 e. The van der Waals surface area contributed by atoms with E-state index in [1.54, 1.807) is 12.1 Å². The number of aromatic nitrogens is 3. The summed E-state index contributed by atoms with van der Waals surface area (Å²) in [6.45, 7) is 0. The molecule has 4 nitrogen and oxygen atoms in total. The summed E-state index contributed by atoms with van der Waals surface area (Å²) in [6, 6.07) is 14.2. The monoisotopic (exact) mass is 367 g/mol. The van der Waals surface area contributed by atoms with Gasteiger partial charge in [-0.15, -0.1) is 0 Å². The van der Waals surface area contributed by atoms with Crippen LogP contribution in [0.15, 0.2) is 67.3 Å². The number of hydrogen-bond acceptors (Lipinski definition) is 3. The molecule has 0 radical (unpaired) electrons. The highest BCUT2D eigenvalue weighted by Crippen LogP contribution is 2.24. The van der Waals surface area contributed by atoms with Gasteiger partial charge in [-0.05, 0) is 30.3 Å². The van der Waals surface area contributed by atoms with Gasteiger partial charge in [-0.3, -0.25) is 4.79 Å². The van der Waals surface area contributed by atoms with Gasteiger partial charge in [0.15, 0.2) is 0 Å². The number of Topliss-reactive ketones (excluding diaryl/α,β-unsaturated/α-hetero) is 1. The van der Waals surface area contributed by atoms with Gasteiger partial charge in [-0.1, -0.05) is 53.2 Å². The molecule has 0 N–H and O–H groups in total. The fourth-order valence-corrected chi connectivity index (χ4v) is 2.58. The van der Waals surface area contributed by atoms with Crippen LogP contribution < -0.4 is 0 Å². The first-order valence-corrected chi connectivity index (χ1v) is 8.02. The molecular formula is C19H11Cl2N3O. The number of halogens is 2. The van der Waals surface area contributed by atoms with E-state index in [9.17, 15) is 4.79 Å². The molecule has 0 aliphatic rings. The Hall–Kier alpha value is -2.87. The van der Waals surface area contributed by atoms with Crippen molar-refractivity contribution in [3.63, 3.8) is 0 Å². The molecule has 0 bridgehead atoms. The standard InChI is InChI=1S/C19H11Cl2N3O/c20-15-9-10-16(17(21)11-15)19(25)18(24-13-22-12-23-24)8-4-7-14-5-2-1-3-6-14/h1-3,5-6,8-13H/b18-8-. The molecule has 0 aliphatic heterocycles. The minimum absolute atomic E-state index is 0.241. The molecule has 6 heteroatoms. The minimum atomic E-state index is -0.325. The molecule has 0 unspecified atom stereocenters. The smallest absolute Gasteiger partial charge is 0.213 e. The van der Waals surface area contributed by atoms with Gasteiger partial charge in [0.05, 0.1) is 5.02 Å². The highest BCUT2D eigenvalue weighted by molar-refractivity contribution is 6.39. The fourth-order valence-electron chi connectivity index (χ4n) is 2.09. The van der Waals surface area contributed by atoms with Crippen LogP contribution in [0, 0.1) is 11.8 Å². The predicted octanol–water partition coefficient (Wildman–Crippen LogP) is 4.36. The molecule has 0 aliphatic carbocycles. The van der Waals surface area contributed by atoms with E-state index in [2.05, 4.69) is 21.9 Å². The van der Waals surface area contributed by atoms with Gasteiger partial charge in [0.2, 0.25) is 5.78 Å². The van der Waals surface area contributed by atoms with E-state index < -0.39 is 0 Å². The number of allylic oxidation sites excluding steroid dienone is 2. The van der Waals surface area contributed by atoms with Crippen LogP contribution >= 0.6 is 23.2 Å². The molecule has 0 spiro atoms. The number of benzene rings is 2. The van der Waals surface area contributed by atoms with Crippen molar-refractivity contribution < 1.29 is 4.79 Å². The van der Waals surface area contributed by atoms with Crippen LogP contribution in [0.2, 0.25) is 10.0 Å². The lowest BCUT2D eigenvalue weighted by atomic mass is 10.1. The van der Waals surface area contributed by atoms with E-state index in [1.807, 2.05) is 30.3 Å². The summed E-state index contributed by atoms with van der Waals surface area (Å²) in [5.74, 6) is 5.53. The molecule has 0 saturated carbocycles. The molecule has 122 valence electrons. The van der Waals surface area contributed by atoms with Gasteiger partial charge >= 0.3 is 0 Å². The van der Waals surface area contributed by atoms with Crippen molar-refractivity contribution in [2.24, 2.45) is 0 Å². The number of nitrogens with zero attached hydrogens (tertiary/aromatic N) is 3. The summed E-state index contributed by atoms with van der Waals surface area (Å²) in [6.07, 6.45) is 4.27. The Morgan fingerprint density at radius 1 is 1.12 bits per heavy atom. The summed E-state index contributed by atoms with van der Waals surface area (Å²) in [4.78, 5) is 16.7. The van der Waals surface area contributed by atoms with Crippen LogP contribution in [0.3, 0.4) is 0 Å². The molecule has 1 heterocycles. The first kappa shape index (κ1) is 17.0. The van der Waals surface area contributed by atoms with Crippen LogP contribution in [0.4, 0.5) is 0 Å². The Morgan fingerprint density at radius 3 is 2.60 bits per heavy atom. The molecule has 1 aromatic heterocycles. The van der Waals surface area contributed by atoms with E-state index in [1.165, 1.54) is 29.5 Å². The predicted molar refractivity (Wildman–Crippen MR) is 98.4 cm³/mol. The van der Waals surface area contributed by atoms with E-state index >= 15 is 0 Å². The summed E-state index contributed by atoms with van der Waals surface area (Å²) in [7, 11) is 0. The third-order valence-electron chi connectivity index (χ3n) is 3.27. The first-order valence-electron chi connectivity index (χ1n) is 7.26. The summed E-state index contributed by atoms with van der Waals surface area (Å²) >= 11 is 12.0. The number of ketones is 1. The van der Waals surface area contributed by atoms with E-state index in [0.717, 1.165) is 5.56 Å². The lowest BCUT2D eigenvalue weighted by molar-refractivity contribution is 0.105. The molecule has 2 aromatic carbocycles. The highest BCUT2D eigenvalue weighted by atomic mass is 35.5. The molecule has 3 rings (SSSR count). The summed E-state index contributed by atoms with van der Waals surface area (Å²) in [5.41, 5.74) is 1.40. The Labute approximate surface area is 154 Å². The quantitative estimate of drug-likeness (QED) is 0.392. The highest BCUT2D eigenvalue weighted by Gasteiger charge is 2.17. The lowest BCUT2D eigenvalue weighted by Crippen LogP contribution is -2.10. The Balaban J connectivity index is 2.00. The van der Waals surface area contributed by atoms with Crippen LogP contribution in [0.25, 0.3) is 5.70 Å². The van der Waals surface area contributed by atoms with Crippen molar-refractivity contribution in [2.75, 3.05) is 0 Å². The maximum Gasteiger partial charge on any atom is 0.213 e. The number of hydrogen-bond donors (Lipinski definition) is 0. The molecule has 3 aromatic rings. The SMILES string of the molecule is O=C(/C(=C/C#Cc1ccccc1)n1cncn1)c1ccc(Cl)cc1Cl. The second-order valence-electron chi connectivity index (χ2n) is 4.96. The fraction of sp³-hybridized carbons (Fsp3) is 0. The molecule has 0 fully saturated rings. The van der Waals surface area contributed by atoms with Crippen LogP contribution in [0.1, 0.15) is 15.9 Å². The van der Waals surface area contributed by atoms with Gasteiger partial charge in [-0.2, -0.15) is 5.10 Å². The van der Waals surface area contributed by atoms with Gasteiger partial charge in [0, 0.05) is 22.2 Å². The van der Waals surface area contributed by atoms with Crippen LogP contribution in [0.5, 0.6) is 0 Å². The summed E-state index contributed by atoms with van der Waals surface area (Å²) in [5, 5.41) is 4.73. The molecular weight excluding hydrogens is 357 g/mol. The number of carbonyl (C=O) groups is 1. The zero-order chi connectivity index (χ0) is 17.6. The zero-order valence-corrected chi connectivity index (χ0v) is 14.4. The second-order valence-corrected chi connectivity index (χ2v) is 5.80. The van der Waals surface area contributed by atoms with Crippen molar-refractivity contribution in [3.8, 4) is 11.8 Å². The molecule has 0 amide bonds. The van der Waals surface area contributed by atoms with Gasteiger partial charge < -0.3 is 0 Å². The second kappa shape index (κ2) is 7.80. The van der Waals surface area contributed by atoms with Crippen molar-refractivity contribution in [2.45, 2.75) is 0 Å². The number of carbonyl (C=O) groups excluding carboxylic acids is 1. The normalized spacial score (nSPS) is 10.9. The van der Waals surface area contributed by atoms with Crippen molar-refractivity contribution in [1.82, 2.24) is 14.8 Å². The van der Waals surface area contributed by atoms with Crippen molar-refractivity contribution in [1.29, 1.82) is 0 Å². The average Bonchev–Trinajstić information content (AvgIpc) is 3.13. The molecule has 0 atom stereocenters. The van der Waals surface area contributed by atoms with Gasteiger partial charge in [0.1, 0.15) is 18.4 Å². The van der Waals surface area contributed by atoms with E-state index in [0.29, 0.717) is 10.6 Å². The third kappa shape index (κ3) is 4.16. The Bertz CT molecular complexity index is 985. The van der Waals surface area contributed by atoms with Gasteiger partial charge in [0.25, 0.3) is 0 Å². The molecule has 0 saturated heterocycles. The maximum atomic E-state index is 12.9. The largest absolute Gasteiger partial charge is 0.287 e. The summed E-state index contributed by atoms with van der Waals surface area (Å²) < 4.78 is 1.35.